The molecule has 1 fully saturated rings. The third kappa shape index (κ3) is 6.57. The van der Waals surface area contributed by atoms with Gasteiger partial charge >= 0.3 is 11.9 Å². The lowest BCUT2D eigenvalue weighted by molar-refractivity contribution is -0.140. The van der Waals surface area contributed by atoms with Gasteiger partial charge in [0.2, 0.25) is 0 Å². The molecule has 0 aliphatic heterocycles. The number of esters is 1. The third-order valence-corrected chi connectivity index (χ3v) is 4.72. The predicted molar refractivity (Wildman–Crippen MR) is 98.2 cm³/mol. The lowest BCUT2D eigenvalue weighted by Crippen LogP contribution is -2.25. The molecule has 0 aromatic heterocycles. The maximum Gasteiger partial charge on any atom is 0.328 e. The van der Waals surface area contributed by atoms with E-state index in [1.807, 2.05) is 6.08 Å². The van der Waals surface area contributed by atoms with Gasteiger partial charge in [0, 0.05) is 6.08 Å². The van der Waals surface area contributed by atoms with Crippen molar-refractivity contribution in [3.8, 4) is 5.75 Å². The molecule has 1 aromatic carbocycles. The van der Waals surface area contributed by atoms with Gasteiger partial charge in [-0.25, -0.2) is 4.79 Å². The Hall–Kier alpha value is -2.36. The maximum atomic E-state index is 12.3. The summed E-state index contributed by atoms with van der Waals surface area (Å²) in [4.78, 5) is 22.8. The van der Waals surface area contributed by atoms with Crippen LogP contribution in [0.4, 0.5) is 0 Å². The van der Waals surface area contributed by atoms with Crippen LogP contribution in [0.1, 0.15) is 50.5 Å². The van der Waals surface area contributed by atoms with Gasteiger partial charge in [-0.15, -0.1) is 6.58 Å². The highest BCUT2D eigenvalue weighted by molar-refractivity contribution is 5.85. The van der Waals surface area contributed by atoms with E-state index in [4.69, 9.17) is 9.84 Å². The molecular formula is C21H26O4. The molecule has 4 nitrogen and oxygen atoms in total. The first-order chi connectivity index (χ1) is 12.1. The van der Waals surface area contributed by atoms with E-state index in [1.54, 1.807) is 24.3 Å². The molecule has 4 heteroatoms. The quantitative estimate of drug-likeness (QED) is 0.241. The summed E-state index contributed by atoms with van der Waals surface area (Å²) in [6, 6.07) is 6.86. The number of allylic oxidation sites excluding steroid dienone is 1. The van der Waals surface area contributed by atoms with E-state index >= 15 is 0 Å². The van der Waals surface area contributed by atoms with Crippen LogP contribution in [0.15, 0.2) is 43.0 Å². The minimum Gasteiger partial charge on any atom is -0.478 e. The van der Waals surface area contributed by atoms with E-state index in [9.17, 15) is 9.59 Å². The Morgan fingerprint density at radius 1 is 1.16 bits per heavy atom. The molecule has 1 aliphatic rings. The summed E-state index contributed by atoms with van der Waals surface area (Å²) in [5.74, 6) is 0.0751. The molecular weight excluding hydrogens is 316 g/mol. The molecule has 0 saturated heterocycles. The lowest BCUT2D eigenvalue weighted by atomic mass is 9.80. The molecule has 0 heterocycles. The molecule has 0 radical (unpaired) electrons. The minimum atomic E-state index is -0.990. The van der Waals surface area contributed by atoms with Crippen molar-refractivity contribution in [1.82, 2.24) is 0 Å². The summed E-state index contributed by atoms with van der Waals surface area (Å²) >= 11 is 0. The van der Waals surface area contributed by atoms with Gasteiger partial charge in [-0.05, 0) is 68.2 Å². The van der Waals surface area contributed by atoms with Crippen molar-refractivity contribution >= 4 is 18.0 Å². The van der Waals surface area contributed by atoms with Crippen molar-refractivity contribution in [2.45, 2.75) is 44.9 Å². The van der Waals surface area contributed by atoms with E-state index in [0.29, 0.717) is 5.75 Å². The molecule has 0 bridgehead atoms. The molecule has 25 heavy (non-hydrogen) atoms. The zero-order chi connectivity index (χ0) is 18.1. The Morgan fingerprint density at radius 3 is 2.44 bits per heavy atom. The largest absolute Gasteiger partial charge is 0.478 e. The van der Waals surface area contributed by atoms with Crippen LogP contribution in [-0.4, -0.2) is 17.0 Å². The first kappa shape index (κ1) is 19.0. The Balaban J connectivity index is 1.78. The van der Waals surface area contributed by atoms with Crippen molar-refractivity contribution < 1.29 is 19.4 Å². The molecule has 0 unspecified atom stereocenters. The summed E-state index contributed by atoms with van der Waals surface area (Å²) in [7, 11) is 0. The van der Waals surface area contributed by atoms with Crippen LogP contribution in [-0.2, 0) is 9.59 Å². The van der Waals surface area contributed by atoms with E-state index in [-0.39, 0.29) is 11.9 Å². The zero-order valence-corrected chi connectivity index (χ0v) is 14.5. The van der Waals surface area contributed by atoms with E-state index in [2.05, 4.69) is 6.58 Å². The lowest BCUT2D eigenvalue weighted by Gasteiger charge is -2.27. The van der Waals surface area contributed by atoms with E-state index in [1.165, 1.54) is 18.9 Å². The van der Waals surface area contributed by atoms with Gasteiger partial charge in [-0.3, -0.25) is 4.79 Å². The molecule has 1 saturated carbocycles. The molecule has 0 amide bonds. The summed E-state index contributed by atoms with van der Waals surface area (Å²) in [5.41, 5.74) is 0.752. The van der Waals surface area contributed by atoms with Crippen molar-refractivity contribution in [3.05, 3.63) is 48.6 Å². The monoisotopic (exact) mass is 342 g/mol. The number of carbonyl (C=O) groups is 2. The van der Waals surface area contributed by atoms with Crippen LogP contribution >= 0.6 is 0 Å². The number of benzene rings is 1. The first-order valence-electron chi connectivity index (χ1n) is 8.92. The SMILES string of the molecule is C=CCCCC1CCC(C(=O)Oc2ccc(C=CC(=O)O)cc2)CC1. The average molecular weight is 342 g/mol. The topological polar surface area (TPSA) is 63.6 Å². The van der Waals surface area contributed by atoms with Gasteiger partial charge in [0.05, 0.1) is 5.92 Å². The standard InChI is InChI=1S/C21H26O4/c1-2-3-4-5-16-6-11-18(12-7-16)21(24)25-19-13-8-17(9-14-19)10-15-20(22)23/h2,8-10,13-16,18H,1,3-7,11-12H2,(H,22,23). The van der Waals surface area contributed by atoms with Crippen LogP contribution in [0.5, 0.6) is 5.75 Å². The number of ether oxygens (including phenoxy) is 1. The molecule has 2 rings (SSSR count). The molecule has 1 aliphatic carbocycles. The predicted octanol–water partition coefficient (Wildman–Crippen LogP) is 4.85. The second-order valence-electron chi connectivity index (χ2n) is 6.60. The number of hydrogen-bond donors (Lipinski definition) is 1. The fraction of sp³-hybridized carbons (Fsp3) is 0.429. The Morgan fingerprint density at radius 2 is 1.84 bits per heavy atom. The van der Waals surface area contributed by atoms with Crippen molar-refractivity contribution in [2.24, 2.45) is 11.8 Å². The van der Waals surface area contributed by atoms with Gasteiger partial charge in [0.25, 0.3) is 0 Å². The van der Waals surface area contributed by atoms with Crippen molar-refractivity contribution in [3.63, 3.8) is 0 Å². The van der Waals surface area contributed by atoms with Crippen molar-refractivity contribution in [2.75, 3.05) is 0 Å². The smallest absolute Gasteiger partial charge is 0.328 e. The summed E-state index contributed by atoms with van der Waals surface area (Å²) in [5, 5.41) is 8.61. The van der Waals surface area contributed by atoms with Crippen LogP contribution in [0.2, 0.25) is 0 Å². The van der Waals surface area contributed by atoms with E-state index < -0.39 is 5.97 Å². The number of aliphatic carboxylic acids is 1. The molecule has 0 spiro atoms. The summed E-state index contributed by atoms with van der Waals surface area (Å²) in [6.45, 7) is 3.75. The van der Waals surface area contributed by atoms with Gasteiger partial charge in [0.15, 0.2) is 0 Å². The summed E-state index contributed by atoms with van der Waals surface area (Å²) in [6.07, 6.45) is 12.0. The number of unbranched alkanes of at least 4 members (excludes halogenated alkanes) is 1. The fourth-order valence-corrected chi connectivity index (χ4v) is 3.25. The maximum absolute atomic E-state index is 12.3. The highest BCUT2D eigenvalue weighted by Crippen LogP contribution is 2.32. The number of hydrogen-bond acceptors (Lipinski definition) is 3. The zero-order valence-electron chi connectivity index (χ0n) is 14.5. The normalized spacial score (nSPS) is 20.3. The fourth-order valence-electron chi connectivity index (χ4n) is 3.25. The highest BCUT2D eigenvalue weighted by atomic mass is 16.5. The van der Waals surface area contributed by atoms with Gasteiger partial charge < -0.3 is 9.84 Å². The van der Waals surface area contributed by atoms with Crippen LogP contribution in [0, 0.1) is 11.8 Å². The third-order valence-electron chi connectivity index (χ3n) is 4.72. The minimum absolute atomic E-state index is 0.0118. The van der Waals surface area contributed by atoms with Crippen LogP contribution in [0.3, 0.4) is 0 Å². The Labute approximate surface area is 149 Å². The highest BCUT2D eigenvalue weighted by Gasteiger charge is 2.27. The van der Waals surface area contributed by atoms with Gasteiger partial charge in [-0.2, -0.15) is 0 Å². The van der Waals surface area contributed by atoms with Gasteiger partial charge in [-0.1, -0.05) is 24.6 Å². The summed E-state index contributed by atoms with van der Waals surface area (Å²) < 4.78 is 5.48. The molecule has 1 N–H and O–H groups in total. The van der Waals surface area contributed by atoms with Gasteiger partial charge in [0.1, 0.15) is 5.75 Å². The van der Waals surface area contributed by atoms with Crippen molar-refractivity contribution in [1.29, 1.82) is 0 Å². The molecule has 1 aromatic rings. The van der Waals surface area contributed by atoms with Crippen LogP contribution < -0.4 is 4.74 Å². The Bertz CT molecular complexity index is 607. The molecule has 134 valence electrons. The molecule has 0 atom stereocenters. The Kier molecular flexibility index (Phi) is 7.45. The van der Waals surface area contributed by atoms with Crippen LogP contribution in [0.25, 0.3) is 6.08 Å². The second kappa shape index (κ2) is 9.82. The number of carboxylic acids is 1. The number of carboxylic acid groups (broad SMARTS) is 1. The van der Waals surface area contributed by atoms with E-state index in [0.717, 1.165) is 49.7 Å². The first-order valence-corrected chi connectivity index (χ1v) is 8.92. The second-order valence-corrected chi connectivity index (χ2v) is 6.60. The average Bonchev–Trinajstić information content (AvgIpc) is 2.62. The number of carbonyl (C=O) groups excluding carboxylic acids is 1. The number of rotatable bonds is 8.